The number of nitrogens with zero attached hydrogens (tertiary/aromatic N) is 6. The van der Waals surface area contributed by atoms with Crippen molar-refractivity contribution < 1.29 is 52.6 Å². The van der Waals surface area contributed by atoms with E-state index in [1.54, 1.807) is 36.4 Å². The fourth-order valence-electron chi connectivity index (χ4n) is 9.67. The van der Waals surface area contributed by atoms with E-state index in [0.717, 1.165) is 35.5 Å². The van der Waals surface area contributed by atoms with Gasteiger partial charge in [-0.05, 0) is 76.3 Å². The number of carbonyl (C=O) groups excluding carboxylic acids is 9. The lowest BCUT2D eigenvalue weighted by atomic mass is 9.95. The second kappa shape index (κ2) is 22.5. The lowest BCUT2D eigenvalue weighted by Gasteiger charge is -2.37. The number of hydrogen-bond donors (Lipinski definition) is 4. The zero-order valence-corrected chi connectivity index (χ0v) is 39.6. The van der Waals surface area contributed by atoms with Crippen LogP contribution in [-0.4, -0.2) is 173 Å². The maximum absolute atomic E-state index is 14.8. The summed E-state index contributed by atoms with van der Waals surface area (Å²) in [6.45, 7) is 1.52. The van der Waals surface area contributed by atoms with E-state index in [9.17, 15) is 43.2 Å². The first-order valence-corrected chi connectivity index (χ1v) is 23.3. The number of amides is 7. The molecule has 21 nitrogen and oxygen atoms in total. The lowest BCUT2D eigenvalue weighted by molar-refractivity contribution is -0.161. The Balaban J connectivity index is 1.42. The van der Waals surface area contributed by atoms with E-state index < -0.39 is 115 Å². The van der Waals surface area contributed by atoms with Crippen LogP contribution >= 0.6 is 0 Å². The minimum absolute atomic E-state index is 0.123. The molecule has 21 heteroatoms. The number of ether oxygens (including phenoxy) is 2. The average molecular weight is 945 g/mol. The third kappa shape index (κ3) is 11.6. The zero-order chi connectivity index (χ0) is 49.4. The van der Waals surface area contributed by atoms with Crippen LogP contribution in [0.2, 0.25) is 0 Å². The number of hydrogen-bond acceptors (Lipinski definition) is 14. The molecule has 68 heavy (non-hydrogen) atoms. The van der Waals surface area contributed by atoms with Crippen LogP contribution in [-0.2, 0) is 47.8 Å². The summed E-state index contributed by atoms with van der Waals surface area (Å²) in [6, 6.07) is -3.54. The summed E-state index contributed by atoms with van der Waals surface area (Å²) >= 11 is 0. The zero-order valence-electron chi connectivity index (χ0n) is 39.6. The molecule has 7 amide bonds. The van der Waals surface area contributed by atoms with Gasteiger partial charge in [0.2, 0.25) is 35.4 Å². The Labute approximate surface area is 395 Å². The highest BCUT2D eigenvalue weighted by molar-refractivity contribution is 5.99. The maximum Gasteiger partial charge on any atom is 0.329 e. The molecule has 2 saturated carbocycles. The van der Waals surface area contributed by atoms with Crippen molar-refractivity contribution in [2.24, 2.45) is 17.6 Å². The highest BCUT2D eigenvalue weighted by Crippen LogP contribution is 2.33. The van der Waals surface area contributed by atoms with E-state index in [4.69, 9.17) is 15.2 Å². The minimum atomic E-state index is -1.60. The van der Waals surface area contributed by atoms with E-state index in [1.165, 1.54) is 58.0 Å². The van der Waals surface area contributed by atoms with Crippen LogP contribution in [0, 0.1) is 11.8 Å². The number of para-hydroxylation sites is 2. The molecule has 2 aliphatic heterocycles. The van der Waals surface area contributed by atoms with E-state index in [1.807, 2.05) is 0 Å². The van der Waals surface area contributed by atoms with Crippen LogP contribution in [0.15, 0.2) is 42.6 Å². The molecule has 0 saturated heterocycles. The number of nitrogens with one attached hydrogen (secondary N) is 3. The Hall–Kier alpha value is -6.51. The third-order valence-electron chi connectivity index (χ3n) is 13.7. The highest BCUT2D eigenvalue weighted by atomic mass is 16.5. The molecule has 2 aromatic rings. The summed E-state index contributed by atoms with van der Waals surface area (Å²) < 4.78 is 11.4. The quantitative estimate of drug-likeness (QED) is 0.236. The van der Waals surface area contributed by atoms with Crippen molar-refractivity contribution in [3.05, 3.63) is 48.3 Å². The molecule has 0 unspecified atom stereocenters. The van der Waals surface area contributed by atoms with Crippen molar-refractivity contribution in [3.63, 3.8) is 0 Å². The van der Waals surface area contributed by atoms with Crippen LogP contribution in [0.25, 0.3) is 11.0 Å². The highest BCUT2D eigenvalue weighted by Gasteiger charge is 2.44. The number of carbonyl (C=O) groups is 9. The van der Waals surface area contributed by atoms with Crippen LogP contribution in [0.1, 0.15) is 88.5 Å². The minimum Gasteiger partial charge on any atom is -0.462 e. The Bertz CT molecular complexity index is 2280. The SMILES string of the molecule is C[C@@H]1NC(=O)[C@H](N)COC(=O)[C@H](C2CCCC2)N(C)C(=O)[C@@H]2C/C=C\C[C@@H](C(=O)N(C)[C@@H](C3CCCC3)C(=O)OC[C@@H](NC(=O)c3cnc4ccccc4n3)C(=O)N[C@@H](C)C(=O)N2C)N(C)C1=O. The number of benzene rings is 1. The topological polar surface area (TPSA) is 273 Å². The Morgan fingerprint density at radius 2 is 1.10 bits per heavy atom. The van der Waals surface area contributed by atoms with Gasteiger partial charge in [0, 0.05) is 28.2 Å². The van der Waals surface area contributed by atoms with Gasteiger partial charge in [-0.15, -0.1) is 0 Å². The summed E-state index contributed by atoms with van der Waals surface area (Å²) in [7, 11) is 5.63. The molecule has 8 atom stereocenters. The monoisotopic (exact) mass is 944 g/mol. The molecular weight excluding hydrogens is 881 g/mol. The molecule has 368 valence electrons. The number of nitrogens with two attached hydrogens (primary N) is 1. The van der Waals surface area contributed by atoms with E-state index >= 15 is 0 Å². The fourth-order valence-corrected chi connectivity index (χ4v) is 9.67. The number of rotatable bonds is 4. The van der Waals surface area contributed by atoms with Gasteiger partial charge in [0.05, 0.1) is 17.2 Å². The Kier molecular flexibility index (Phi) is 16.9. The molecule has 0 radical (unpaired) electrons. The Morgan fingerprint density at radius 1 is 0.647 bits per heavy atom. The van der Waals surface area contributed by atoms with E-state index in [2.05, 4.69) is 25.9 Å². The van der Waals surface area contributed by atoms with Crippen molar-refractivity contribution in [1.29, 1.82) is 0 Å². The molecule has 0 spiro atoms. The van der Waals surface area contributed by atoms with Crippen LogP contribution in [0.3, 0.4) is 0 Å². The van der Waals surface area contributed by atoms with Crippen LogP contribution in [0.5, 0.6) is 0 Å². The van der Waals surface area contributed by atoms with Gasteiger partial charge >= 0.3 is 11.9 Å². The molecule has 2 fully saturated rings. The number of aromatic nitrogens is 2. The van der Waals surface area contributed by atoms with Gasteiger partial charge in [0.1, 0.15) is 67.2 Å². The summed E-state index contributed by atoms with van der Waals surface area (Å²) in [5.41, 5.74) is 6.95. The number of fused-ring (bicyclic) bond motifs is 5. The standard InChI is InChI=1S/C47H64N10O11/c1-26-42(61)54(3)35-21-13-14-22-36(44(63)56(5)37(28-15-7-8-16-28)46(65)67-24-30(48)39(58)50-26)55(4)43(62)27(2)51-41(60)34(53-40(59)33-23-49-31-19-11-12-20-32(31)52-33)25-68-47(66)38(57(6)45(35)64)29-17-9-10-18-29/h11-14,19-20,23,26-30,34-38H,7-10,15-18,21-22,24-25,48H2,1-6H3,(H,50,58)(H,51,60)(H,53,59)/b14-13-/t26-,27-,30+,34+,35-,36-,37-,38-/m0/s1. The smallest absolute Gasteiger partial charge is 0.329 e. The van der Waals surface area contributed by atoms with Gasteiger partial charge in [-0.25, -0.2) is 14.6 Å². The van der Waals surface area contributed by atoms with Gasteiger partial charge in [-0.1, -0.05) is 50.0 Å². The molecule has 3 heterocycles. The average Bonchev–Trinajstić information content (AvgIpc) is 4.07. The molecule has 1 aromatic carbocycles. The largest absolute Gasteiger partial charge is 0.462 e. The normalized spacial score (nSPS) is 29.3. The Morgan fingerprint density at radius 3 is 1.60 bits per heavy atom. The molecule has 2 bridgehead atoms. The third-order valence-corrected chi connectivity index (χ3v) is 13.7. The second-order valence-corrected chi connectivity index (χ2v) is 18.3. The second-order valence-electron chi connectivity index (χ2n) is 18.3. The number of esters is 2. The van der Waals surface area contributed by atoms with E-state index in [-0.39, 0.29) is 30.4 Å². The summed E-state index contributed by atoms with van der Waals surface area (Å²) in [5.74, 6) is -7.59. The molecule has 5 N–H and O–H groups in total. The molecule has 6 rings (SSSR count). The number of likely N-dealkylation sites (N-methyl/N-ethyl adjacent to an activating group) is 4. The van der Waals surface area contributed by atoms with Crippen LogP contribution in [0.4, 0.5) is 0 Å². The summed E-state index contributed by atoms with van der Waals surface area (Å²) in [6.07, 6.45) is 9.62. The van der Waals surface area contributed by atoms with Crippen molar-refractivity contribution in [1.82, 2.24) is 45.5 Å². The van der Waals surface area contributed by atoms with Crippen molar-refractivity contribution in [2.75, 3.05) is 41.4 Å². The molecule has 4 aliphatic rings. The maximum atomic E-state index is 14.8. The summed E-state index contributed by atoms with van der Waals surface area (Å²) in [5, 5.41) is 7.74. The predicted molar refractivity (Wildman–Crippen MR) is 244 cm³/mol. The van der Waals surface area contributed by atoms with Crippen LogP contribution < -0.4 is 21.7 Å². The fraction of sp³-hybridized carbons (Fsp3) is 0.596. The first kappa shape index (κ1) is 50.9. The summed E-state index contributed by atoms with van der Waals surface area (Å²) in [4.78, 5) is 141. The van der Waals surface area contributed by atoms with Gasteiger partial charge in [-0.3, -0.25) is 38.5 Å². The van der Waals surface area contributed by atoms with Crippen molar-refractivity contribution in [2.45, 2.75) is 126 Å². The van der Waals surface area contributed by atoms with Gasteiger partial charge in [-0.2, -0.15) is 0 Å². The van der Waals surface area contributed by atoms with Gasteiger partial charge in [0.25, 0.3) is 5.91 Å². The first-order chi connectivity index (χ1) is 32.4. The number of cyclic esters (lactones) is 2. The molecule has 1 aromatic heterocycles. The molecule has 2 aliphatic carbocycles. The molecular formula is C47H64N10O11. The lowest BCUT2D eigenvalue weighted by Crippen LogP contribution is -2.60. The van der Waals surface area contributed by atoms with Gasteiger partial charge in [0.15, 0.2) is 0 Å². The van der Waals surface area contributed by atoms with Gasteiger partial charge < -0.3 is 50.8 Å². The van der Waals surface area contributed by atoms with Crippen molar-refractivity contribution >= 4 is 64.3 Å². The predicted octanol–water partition coefficient (Wildman–Crippen LogP) is 0.203. The van der Waals surface area contributed by atoms with E-state index in [0.29, 0.717) is 36.7 Å². The van der Waals surface area contributed by atoms with Crippen molar-refractivity contribution in [3.8, 4) is 0 Å². The first-order valence-electron chi connectivity index (χ1n) is 23.3.